The molecule has 0 aromatic carbocycles. The highest BCUT2D eigenvalue weighted by Gasteiger charge is 2.02. The van der Waals surface area contributed by atoms with Gasteiger partial charge in [-0.25, -0.2) is 4.98 Å². The van der Waals surface area contributed by atoms with Gasteiger partial charge in [-0.3, -0.25) is 0 Å². The van der Waals surface area contributed by atoms with E-state index >= 15 is 0 Å². The topological polar surface area (TPSA) is 24.9 Å². The second kappa shape index (κ2) is 6.96. The van der Waals surface area contributed by atoms with Gasteiger partial charge in [0.1, 0.15) is 0 Å². The van der Waals surface area contributed by atoms with Crippen LogP contribution in [0.15, 0.2) is 6.20 Å². The first-order chi connectivity index (χ1) is 7.26. The van der Waals surface area contributed by atoms with Crippen molar-refractivity contribution in [1.82, 2.24) is 10.3 Å². The van der Waals surface area contributed by atoms with E-state index in [0.717, 1.165) is 25.4 Å². The normalized spacial score (nSPS) is 11.2. The van der Waals surface area contributed by atoms with Crippen molar-refractivity contribution in [1.29, 1.82) is 0 Å². The zero-order chi connectivity index (χ0) is 11.1. The molecule has 1 aromatic heterocycles. The minimum Gasteiger partial charge on any atom is -0.316 e. The summed E-state index contributed by atoms with van der Waals surface area (Å²) < 4.78 is 0. The highest BCUT2D eigenvalue weighted by atomic mass is 32.1. The number of rotatable bonds is 7. The average Bonchev–Trinajstić information content (AvgIpc) is 2.65. The molecule has 0 aliphatic carbocycles. The summed E-state index contributed by atoms with van der Waals surface area (Å²) in [6.45, 7) is 8.83. The summed E-state index contributed by atoms with van der Waals surface area (Å²) in [6.07, 6.45) is 5.68. The van der Waals surface area contributed by atoms with E-state index < -0.39 is 0 Å². The molecule has 0 saturated heterocycles. The van der Waals surface area contributed by atoms with E-state index in [1.807, 2.05) is 6.20 Å². The molecular weight excluding hydrogens is 204 g/mol. The van der Waals surface area contributed by atoms with Crippen LogP contribution in [0.25, 0.3) is 0 Å². The Morgan fingerprint density at radius 3 is 2.67 bits per heavy atom. The van der Waals surface area contributed by atoms with Gasteiger partial charge in [0.05, 0.1) is 5.01 Å². The highest BCUT2D eigenvalue weighted by Crippen LogP contribution is 2.11. The van der Waals surface area contributed by atoms with Gasteiger partial charge >= 0.3 is 0 Å². The standard InChI is InChI=1S/C12H22N2S/c1-4-11(5-2)8-13-7-6-12-9-14-10(3)15-12/h9,11,13H,4-8H2,1-3H3. The lowest BCUT2D eigenvalue weighted by atomic mass is 10.0. The first kappa shape index (κ1) is 12.7. The Balaban J connectivity index is 2.11. The predicted octanol–water partition coefficient (Wildman–Crippen LogP) is 3.02. The highest BCUT2D eigenvalue weighted by molar-refractivity contribution is 7.11. The summed E-state index contributed by atoms with van der Waals surface area (Å²) in [5.74, 6) is 0.841. The zero-order valence-corrected chi connectivity index (χ0v) is 10.9. The minimum absolute atomic E-state index is 0.841. The summed E-state index contributed by atoms with van der Waals surface area (Å²) in [5.41, 5.74) is 0. The van der Waals surface area contributed by atoms with Gasteiger partial charge in [0, 0.05) is 17.6 Å². The van der Waals surface area contributed by atoms with Crippen LogP contribution < -0.4 is 5.32 Å². The monoisotopic (exact) mass is 226 g/mol. The van der Waals surface area contributed by atoms with E-state index in [4.69, 9.17) is 0 Å². The van der Waals surface area contributed by atoms with Gasteiger partial charge in [-0.05, 0) is 25.8 Å². The number of thiazole rings is 1. The van der Waals surface area contributed by atoms with Crippen molar-refractivity contribution < 1.29 is 0 Å². The zero-order valence-electron chi connectivity index (χ0n) is 10.0. The number of nitrogens with zero attached hydrogens (tertiary/aromatic N) is 1. The summed E-state index contributed by atoms with van der Waals surface area (Å²) in [7, 11) is 0. The van der Waals surface area contributed by atoms with Crippen molar-refractivity contribution in [3.05, 3.63) is 16.1 Å². The fourth-order valence-electron chi connectivity index (χ4n) is 1.62. The maximum Gasteiger partial charge on any atom is 0.0896 e. The second-order valence-corrected chi connectivity index (χ2v) is 5.30. The third-order valence-electron chi connectivity index (χ3n) is 2.81. The van der Waals surface area contributed by atoms with Crippen LogP contribution in [0.4, 0.5) is 0 Å². The molecule has 0 aliphatic rings. The van der Waals surface area contributed by atoms with Crippen LogP contribution in [0.3, 0.4) is 0 Å². The summed E-state index contributed by atoms with van der Waals surface area (Å²) >= 11 is 1.81. The SMILES string of the molecule is CCC(CC)CNCCc1cnc(C)s1. The molecule has 1 aromatic rings. The van der Waals surface area contributed by atoms with Gasteiger partial charge in [-0.2, -0.15) is 0 Å². The van der Waals surface area contributed by atoms with Gasteiger partial charge in [-0.15, -0.1) is 11.3 Å². The van der Waals surface area contributed by atoms with Crippen LogP contribution in [-0.2, 0) is 6.42 Å². The first-order valence-electron chi connectivity index (χ1n) is 5.88. The lowest BCUT2D eigenvalue weighted by Crippen LogP contribution is -2.24. The first-order valence-corrected chi connectivity index (χ1v) is 6.69. The number of nitrogens with one attached hydrogen (secondary N) is 1. The van der Waals surface area contributed by atoms with Crippen molar-refractivity contribution in [3.63, 3.8) is 0 Å². The Morgan fingerprint density at radius 2 is 2.13 bits per heavy atom. The number of hydrogen-bond donors (Lipinski definition) is 1. The van der Waals surface area contributed by atoms with E-state index in [1.54, 1.807) is 11.3 Å². The molecule has 0 spiro atoms. The van der Waals surface area contributed by atoms with Gasteiger partial charge in [0.2, 0.25) is 0 Å². The van der Waals surface area contributed by atoms with Gasteiger partial charge in [0.15, 0.2) is 0 Å². The van der Waals surface area contributed by atoms with Crippen molar-refractivity contribution in [2.45, 2.75) is 40.0 Å². The molecule has 1 heterocycles. The van der Waals surface area contributed by atoms with E-state index in [0.29, 0.717) is 0 Å². The molecule has 0 radical (unpaired) electrons. The molecule has 0 bridgehead atoms. The molecule has 3 heteroatoms. The Morgan fingerprint density at radius 1 is 1.40 bits per heavy atom. The minimum atomic E-state index is 0.841. The smallest absolute Gasteiger partial charge is 0.0896 e. The van der Waals surface area contributed by atoms with Crippen LogP contribution >= 0.6 is 11.3 Å². The van der Waals surface area contributed by atoms with Crippen molar-refractivity contribution in [2.75, 3.05) is 13.1 Å². The Hall–Kier alpha value is -0.410. The molecule has 0 saturated carbocycles. The van der Waals surface area contributed by atoms with Crippen LogP contribution in [-0.4, -0.2) is 18.1 Å². The lowest BCUT2D eigenvalue weighted by Gasteiger charge is -2.12. The Bertz CT molecular complexity index is 266. The quantitative estimate of drug-likeness (QED) is 0.723. The molecule has 0 aliphatic heterocycles. The fourth-order valence-corrected chi connectivity index (χ4v) is 2.41. The van der Waals surface area contributed by atoms with Crippen molar-refractivity contribution in [2.24, 2.45) is 5.92 Å². The number of aryl methyl sites for hydroxylation is 1. The molecular formula is C12H22N2S. The molecule has 0 atom stereocenters. The third-order valence-corrected chi connectivity index (χ3v) is 3.78. The Labute approximate surface area is 97.1 Å². The Kier molecular flexibility index (Phi) is 5.88. The average molecular weight is 226 g/mol. The van der Waals surface area contributed by atoms with Crippen LogP contribution in [0.2, 0.25) is 0 Å². The molecule has 2 nitrogen and oxygen atoms in total. The van der Waals surface area contributed by atoms with E-state index in [1.165, 1.54) is 22.7 Å². The van der Waals surface area contributed by atoms with E-state index in [2.05, 4.69) is 31.1 Å². The fraction of sp³-hybridized carbons (Fsp3) is 0.750. The van der Waals surface area contributed by atoms with Crippen molar-refractivity contribution in [3.8, 4) is 0 Å². The number of hydrogen-bond acceptors (Lipinski definition) is 3. The largest absolute Gasteiger partial charge is 0.316 e. The van der Waals surface area contributed by atoms with Crippen LogP contribution in [0.1, 0.15) is 36.6 Å². The van der Waals surface area contributed by atoms with Gasteiger partial charge < -0.3 is 5.32 Å². The molecule has 0 unspecified atom stereocenters. The molecule has 15 heavy (non-hydrogen) atoms. The summed E-state index contributed by atoms with van der Waals surface area (Å²) in [5, 5.41) is 4.70. The maximum atomic E-state index is 4.25. The van der Waals surface area contributed by atoms with E-state index in [9.17, 15) is 0 Å². The van der Waals surface area contributed by atoms with Gasteiger partial charge in [0.25, 0.3) is 0 Å². The molecule has 86 valence electrons. The molecule has 0 amide bonds. The summed E-state index contributed by atoms with van der Waals surface area (Å²) in [6, 6.07) is 0. The van der Waals surface area contributed by atoms with Crippen LogP contribution in [0, 0.1) is 12.8 Å². The van der Waals surface area contributed by atoms with Crippen molar-refractivity contribution >= 4 is 11.3 Å². The third kappa shape index (κ3) is 4.76. The summed E-state index contributed by atoms with van der Waals surface area (Å²) in [4.78, 5) is 5.65. The maximum absolute atomic E-state index is 4.25. The van der Waals surface area contributed by atoms with Crippen LogP contribution in [0.5, 0.6) is 0 Å². The second-order valence-electron chi connectivity index (χ2n) is 3.98. The number of aromatic nitrogens is 1. The molecule has 1 rings (SSSR count). The lowest BCUT2D eigenvalue weighted by molar-refractivity contribution is 0.452. The molecule has 1 N–H and O–H groups in total. The van der Waals surface area contributed by atoms with Gasteiger partial charge in [-0.1, -0.05) is 26.7 Å². The predicted molar refractivity (Wildman–Crippen MR) is 67.5 cm³/mol. The molecule has 0 fully saturated rings. The van der Waals surface area contributed by atoms with E-state index in [-0.39, 0.29) is 0 Å².